The summed E-state index contributed by atoms with van der Waals surface area (Å²) in [5.74, 6) is -0.303. The summed E-state index contributed by atoms with van der Waals surface area (Å²) >= 11 is 9.96. The Hall–Kier alpha value is -2.36. The van der Waals surface area contributed by atoms with Crippen LogP contribution in [0.25, 0.3) is 6.08 Å². The van der Waals surface area contributed by atoms with Crippen LogP contribution in [0.4, 0.5) is 5.69 Å². The van der Waals surface area contributed by atoms with Crippen LogP contribution in [0, 0.1) is 0 Å². The van der Waals surface area contributed by atoms with Gasteiger partial charge in [0.1, 0.15) is 0 Å². The molecule has 0 aromatic heterocycles. The summed E-state index contributed by atoms with van der Waals surface area (Å²) in [4.78, 5) is 25.9. The van der Waals surface area contributed by atoms with E-state index in [9.17, 15) is 14.7 Å². The van der Waals surface area contributed by atoms with E-state index in [1.165, 1.54) is 24.1 Å². The lowest BCUT2D eigenvalue weighted by molar-refractivity contribution is -0.113. The summed E-state index contributed by atoms with van der Waals surface area (Å²) in [5, 5.41) is 9.17. The van der Waals surface area contributed by atoms with Crippen LogP contribution >= 0.6 is 39.9 Å². The number of carboxylic acid groups (broad SMARTS) is 1. The fraction of sp³-hybridized carbons (Fsp3) is 0.105. The van der Waals surface area contributed by atoms with E-state index in [1.54, 1.807) is 37.5 Å². The molecule has 0 saturated carbocycles. The lowest BCUT2D eigenvalue weighted by Gasteiger charge is -2.15. The van der Waals surface area contributed by atoms with Crippen LogP contribution in [0.5, 0.6) is 11.5 Å². The quantitative estimate of drug-likeness (QED) is 0.496. The van der Waals surface area contributed by atoms with Crippen LogP contribution in [0.1, 0.15) is 15.9 Å². The molecule has 0 atom stereocenters. The third kappa shape index (κ3) is 3.91. The average Bonchev–Trinajstić information content (AvgIpc) is 2.96. The van der Waals surface area contributed by atoms with Crippen molar-refractivity contribution < 1.29 is 24.2 Å². The molecule has 0 aliphatic carbocycles. The van der Waals surface area contributed by atoms with Crippen molar-refractivity contribution in [2.24, 2.45) is 0 Å². The van der Waals surface area contributed by atoms with Crippen LogP contribution < -0.4 is 14.4 Å². The van der Waals surface area contributed by atoms with Crippen LogP contribution in [-0.2, 0) is 4.79 Å². The molecule has 1 amide bonds. The van der Waals surface area contributed by atoms with Gasteiger partial charge in [-0.15, -0.1) is 0 Å². The number of amides is 1. The Balaban J connectivity index is 1.98. The molecule has 1 heterocycles. The largest absolute Gasteiger partial charge is 0.493 e. The second-order valence-corrected chi connectivity index (χ2v) is 8.13. The van der Waals surface area contributed by atoms with Crippen LogP contribution in [-0.4, -0.2) is 35.5 Å². The van der Waals surface area contributed by atoms with Gasteiger partial charge in [0.15, 0.2) is 15.8 Å². The Morgan fingerprint density at radius 3 is 2.54 bits per heavy atom. The highest BCUT2D eigenvalue weighted by atomic mass is 79.9. The van der Waals surface area contributed by atoms with Gasteiger partial charge >= 0.3 is 5.97 Å². The molecule has 1 saturated heterocycles. The molecule has 3 rings (SSSR count). The number of benzene rings is 2. The van der Waals surface area contributed by atoms with Crippen molar-refractivity contribution in [3.63, 3.8) is 0 Å². The third-order valence-corrected chi connectivity index (χ3v) is 5.92. The molecule has 2 aromatic carbocycles. The molecule has 0 radical (unpaired) electrons. The van der Waals surface area contributed by atoms with Crippen molar-refractivity contribution >= 4 is 67.9 Å². The first kappa shape index (κ1) is 20.4. The first-order valence-corrected chi connectivity index (χ1v) is 9.90. The number of carbonyl (C=O) groups is 2. The molecule has 0 spiro atoms. The van der Waals surface area contributed by atoms with Gasteiger partial charge in [-0.3, -0.25) is 9.69 Å². The molecule has 1 aliphatic rings. The van der Waals surface area contributed by atoms with Crippen molar-refractivity contribution in [1.82, 2.24) is 0 Å². The monoisotopic (exact) mass is 479 g/mol. The highest BCUT2D eigenvalue weighted by molar-refractivity contribution is 9.10. The Morgan fingerprint density at radius 2 is 1.89 bits per heavy atom. The maximum Gasteiger partial charge on any atom is 0.335 e. The molecule has 28 heavy (non-hydrogen) atoms. The molecule has 1 aliphatic heterocycles. The zero-order valence-electron chi connectivity index (χ0n) is 14.8. The summed E-state index contributed by atoms with van der Waals surface area (Å²) in [6.07, 6.45) is 1.70. The standard InChI is InChI=1S/C19H14BrNO5S2/c1-25-14-7-11(13(20)9-15(14)26-2)8-16-17(22)21(19(27)28-16)12-5-3-4-10(6-12)18(23)24/h3-9H,1-2H3,(H,23,24). The molecular formula is C19H14BrNO5S2. The molecule has 1 fully saturated rings. The van der Waals surface area contributed by atoms with Gasteiger partial charge in [0.05, 0.1) is 30.4 Å². The van der Waals surface area contributed by atoms with Crippen molar-refractivity contribution in [1.29, 1.82) is 0 Å². The van der Waals surface area contributed by atoms with Gasteiger partial charge in [-0.1, -0.05) is 46.0 Å². The lowest BCUT2D eigenvalue weighted by Crippen LogP contribution is -2.27. The van der Waals surface area contributed by atoms with E-state index in [1.807, 2.05) is 0 Å². The second kappa shape index (κ2) is 8.34. The first-order valence-electron chi connectivity index (χ1n) is 7.88. The van der Waals surface area contributed by atoms with E-state index in [0.717, 1.165) is 21.8 Å². The van der Waals surface area contributed by atoms with Crippen LogP contribution in [0.3, 0.4) is 0 Å². The number of methoxy groups -OCH3 is 2. The maximum absolute atomic E-state index is 12.9. The fourth-order valence-corrected chi connectivity index (χ4v) is 4.32. The minimum Gasteiger partial charge on any atom is -0.493 e. The molecule has 9 heteroatoms. The number of carboxylic acids is 1. The fourth-order valence-electron chi connectivity index (χ4n) is 2.59. The molecule has 1 N–H and O–H groups in total. The van der Waals surface area contributed by atoms with Crippen molar-refractivity contribution in [3.8, 4) is 11.5 Å². The van der Waals surface area contributed by atoms with Gasteiger partial charge in [0.25, 0.3) is 5.91 Å². The van der Waals surface area contributed by atoms with E-state index in [-0.39, 0.29) is 11.5 Å². The predicted molar refractivity (Wildman–Crippen MR) is 116 cm³/mol. The maximum atomic E-state index is 12.9. The number of halogens is 1. The molecular weight excluding hydrogens is 466 g/mol. The SMILES string of the molecule is COc1cc(Br)c(C=C2SC(=S)N(c3cccc(C(=O)O)c3)C2=O)cc1OC. The Labute approximate surface area is 179 Å². The van der Waals surface area contributed by atoms with Gasteiger partial charge in [-0.25, -0.2) is 4.79 Å². The third-order valence-electron chi connectivity index (χ3n) is 3.93. The number of thiocarbonyl (C=S) groups is 1. The highest BCUT2D eigenvalue weighted by Gasteiger charge is 2.33. The number of thioether (sulfide) groups is 1. The van der Waals surface area contributed by atoms with Gasteiger partial charge < -0.3 is 14.6 Å². The summed E-state index contributed by atoms with van der Waals surface area (Å²) < 4.78 is 11.6. The number of nitrogens with zero attached hydrogens (tertiary/aromatic N) is 1. The van der Waals surface area contributed by atoms with Gasteiger partial charge in [0, 0.05) is 4.47 Å². The molecule has 0 bridgehead atoms. The Kier molecular flexibility index (Phi) is 6.07. The number of anilines is 1. The van der Waals surface area contributed by atoms with Crippen LogP contribution in [0.15, 0.2) is 45.8 Å². The van der Waals surface area contributed by atoms with Crippen molar-refractivity contribution in [2.45, 2.75) is 0 Å². The van der Waals surface area contributed by atoms with Crippen LogP contribution in [0.2, 0.25) is 0 Å². The smallest absolute Gasteiger partial charge is 0.335 e. The van der Waals surface area contributed by atoms with E-state index in [0.29, 0.717) is 26.4 Å². The number of hydrogen-bond acceptors (Lipinski definition) is 6. The zero-order valence-corrected chi connectivity index (χ0v) is 18.0. The van der Waals surface area contributed by atoms with Gasteiger partial charge in [-0.05, 0) is 42.0 Å². The molecule has 6 nitrogen and oxygen atoms in total. The number of ether oxygens (including phenoxy) is 2. The van der Waals surface area contributed by atoms with E-state index >= 15 is 0 Å². The number of aromatic carboxylic acids is 1. The minimum atomic E-state index is -1.07. The summed E-state index contributed by atoms with van der Waals surface area (Å²) in [6.45, 7) is 0. The number of carbonyl (C=O) groups excluding carboxylic acids is 1. The van der Waals surface area contributed by atoms with E-state index < -0.39 is 5.97 Å². The predicted octanol–water partition coefficient (Wildman–Crippen LogP) is 4.57. The second-order valence-electron chi connectivity index (χ2n) is 5.60. The normalized spacial score (nSPS) is 15.2. The van der Waals surface area contributed by atoms with Gasteiger partial charge in [0.2, 0.25) is 0 Å². The first-order chi connectivity index (χ1) is 13.3. The summed E-state index contributed by atoms with van der Waals surface area (Å²) in [5.41, 5.74) is 1.22. The van der Waals surface area contributed by atoms with Crippen molar-refractivity contribution in [2.75, 3.05) is 19.1 Å². The average molecular weight is 480 g/mol. The Bertz CT molecular complexity index is 1020. The molecule has 144 valence electrons. The van der Waals surface area contributed by atoms with E-state index in [2.05, 4.69) is 15.9 Å². The van der Waals surface area contributed by atoms with Gasteiger partial charge in [-0.2, -0.15) is 0 Å². The Morgan fingerprint density at radius 1 is 1.21 bits per heavy atom. The summed E-state index contributed by atoms with van der Waals surface area (Å²) in [6, 6.07) is 9.60. The minimum absolute atomic E-state index is 0.0816. The zero-order chi connectivity index (χ0) is 20.4. The van der Waals surface area contributed by atoms with Crippen molar-refractivity contribution in [3.05, 3.63) is 56.9 Å². The lowest BCUT2D eigenvalue weighted by atomic mass is 10.1. The molecule has 2 aromatic rings. The molecule has 0 unspecified atom stereocenters. The number of rotatable bonds is 5. The van der Waals surface area contributed by atoms with E-state index in [4.69, 9.17) is 21.7 Å². The number of hydrogen-bond donors (Lipinski definition) is 1. The summed E-state index contributed by atoms with van der Waals surface area (Å²) in [7, 11) is 3.07. The topological polar surface area (TPSA) is 76.1 Å². The highest BCUT2D eigenvalue weighted by Crippen LogP contribution is 2.39.